The number of rotatable bonds is 4. The summed E-state index contributed by atoms with van der Waals surface area (Å²) in [6.07, 6.45) is 7.83. The molecule has 0 bridgehead atoms. The van der Waals surface area contributed by atoms with Gasteiger partial charge in [-0.15, -0.1) is 10.2 Å². The van der Waals surface area contributed by atoms with Crippen LogP contribution in [0.1, 0.15) is 17.8 Å². The number of likely N-dealkylation sites (tertiary alicyclic amines) is 1. The number of urea groups is 1. The fourth-order valence-electron chi connectivity index (χ4n) is 3.37. The van der Waals surface area contributed by atoms with Crippen LogP contribution in [-0.2, 0) is 20.0 Å². The molecule has 0 aromatic carbocycles. The van der Waals surface area contributed by atoms with Gasteiger partial charge in [0.1, 0.15) is 0 Å². The molecule has 3 aromatic heterocycles. The Morgan fingerprint density at radius 1 is 1.36 bits per heavy atom. The lowest BCUT2D eigenvalue weighted by atomic mass is 10.0. The van der Waals surface area contributed by atoms with Crippen molar-refractivity contribution in [2.45, 2.75) is 19.4 Å². The molecule has 8 heteroatoms. The molecule has 4 rings (SSSR count). The second kappa shape index (κ2) is 6.54. The molecule has 1 aliphatic heterocycles. The first kappa shape index (κ1) is 15.6. The van der Waals surface area contributed by atoms with Crippen LogP contribution in [0.25, 0.3) is 5.65 Å². The van der Waals surface area contributed by atoms with Crippen molar-refractivity contribution in [3.8, 4) is 0 Å². The van der Waals surface area contributed by atoms with Crippen LogP contribution in [0.2, 0.25) is 0 Å². The van der Waals surface area contributed by atoms with E-state index in [1.165, 1.54) is 5.56 Å². The van der Waals surface area contributed by atoms with Gasteiger partial charge in [-0.05, 0) is 36.5 Å². The van der Waals surface area contributed by atoms with Crippen LogP contribution in [0.15, 0.2) is 36.8 Å². The van der Waals surface area contributed by atoms with Gasteiger partial charge < -0.3 is 10.2 Å². The zero-order valence-corrected chi connectivity index (χ0v) is 14.2. The molecular weight excluding hydrogens is 318 g/mol. The number of nitrogens with one attached hydrogen (secondary N) is 1. The molecule has 3 aromatic rings. The van der Waals surface area contributed by atoms with Crippen LogP contribution in [0.4, 0.5) is 4.79 Å². The zero-order chi connectivity index (χ0) is 17.2. The van der Waals surface area contributed by atoms with Crippen LogP contribution in [-0.4, -0.2) is 48.4 Å². The van der Waals surface area contributed by atoms with Crippen LogP contribution >= 0.6 is 0 Å². The van der Waals surface area contributed by atoms with E-state index in [0.29, 0.717) is 12.5 Å². The molecule has 8 nitrogen and oxygen atoms in total. The highest BCUT2D eigenvalue weighted by atomic mass is 16.2. The van der Waals surface area contributed by atoms with Crippen molar-refractivity contribution in [2.24, 2.45) is 13.0 Å². The molecule has 2 amide bonds. The SMILES string of the molecule is Cn1cc(CC2CCN(C(=O)NCc3nnc4ccccn34)C2)cn1. The number of carbonyl (C=O) groups is 1. The smallest absolute Gasteiger partial charge is 0.317 e. The Kier molecular flexibility index (Phi) is 4.09. The van der Waals surface area contributed by atoms with E-state index in [2.05, 4.69) is 20.6 Å². The third kappa shape index (κ3) is 3.33. The average Bonchev–Trinajstić information content (AvgIpc) is 3.33. The maximum Gasteiger partial charge on any atom is 0.317 e. The summed E-state index contributed by atoms with van der Waals surface area (Å²) >= 11 is 0. The molecule has 1 saturated heterocycles. The molecule has 25 heavy (non-hydrogen) atoms. The minimum atomic E-state index is -0.0404. The lowest BCUT2D eigenvalue weighted by molar-refractivity contribution is 0.206. The Balaban J connectivity index is 1.31. The van der Waals surface area contributed by atoms with Gasteiger partial charge in [0, 0.05) is 32.5 Å². The maximum absolute atomic E-state index is 12.4. The highest BCUT2D eigenvalue weighted by molar-refractivity contribution is 5.74. The Morgan fingerprint density at radius 3 is 3.12 bits per heavy atom. The molecule has 1 unspecified atom stereocenters. The molecule has 0 spiro atoms. The number of hydrogen-bond acceptors (Lipinski definition) is 4. The second-order valence-corrected chi connectivity index (χ2v) is 6.53. The topological polar surface area (TPSA) is 80.4 Å². The predicted octanol–water partition coefficient (Wildman–Crippen LogP) is 1.24. The van der Waals surface area contributed by atoms with Crippen LogP contribution < -0.4 is 5.32 Å². The number of fused-ring (bicyclic) bond motifs is 1. The number of aromatic nitrogens is 5. The number of pyridine rings is 1. The first-order valence-corrected chi connectivity index (χ1v) is 8.48. The van der Waals surface area contributed by atoms with Crippen molar-refractivity contribution >= 4 is 11.7 Å². The fraction of sp³-hybridized carbons (Fsp3) is 0.412. The van der Waals surface area contributed by atoms with Crippen molar-refractivity contribution in [2.75, 3.05) is 13.1 Å². The molecule has 1 N–H and O–H groups in total. The van der Waals surface area contributed by atoms with E-state index >= 15 is 0 Å². The van der Waals surface area contributed by atoms with Gasteiger partial charge >= 0.3 is 6.03 Å². The van der Waals surface area contributed by atoms with E-state index in [1.54, 1.807) is 0 Å². The van der Waals surface area contributed by atoms with Gasteiger partial charge in [-0.1, -0.05) is 6.07 Å². The van der Waals surface area contributed by atoms with E-state index in [9.17, 15) is 4.79 Å². The van der Waals surface area contributed by atoms with E-state index in [0.717, 1.165) is 37.4 Å². The quantitative estimate of drug-likeness (QED) is 0.775. The summed E-state index contributed by atoms with van der Waals surface area (Å²) in [6, 6.07) is 5.69. The standard InChI is InChI=1S/C17H21N7O/c1-22-11-14(9-19-22)8-13-5-7-23(12-13)17(25)18-10-16-21-20-15-4-2-3-6-24(15)16/h2-4,6,9,11,13H,5,7-8,10,12H2,1H3,(H,18,25). The normalized spacial score (nSPS) is 17.3. The largest absolute Gasteiger partial charge is 0.331 e. The van der Waals surface area contributed by atoms with Crippen molar-refractivity contribution in [1.29, 1.82) is 0 Å². The van der Waals surface area contributed by atoms with Gasteiger partial charge in [0.05, 0.1) is 12.7 Å². The molecule has 0 saturated carbocycles. The number of amides is 2. The number of carbonyl (C=O) groups excluding carboxylic acids is 1. The van der Waals surface area contributed by atoms with E-state index in [1.807, 2.05) is 57.8 Å². The van der Waals surface area contributed by atoms with E-state index in [4.69, 9.17) is 0 Å². The summed E-state index contributed by atoms with van der Waals surface area (Å²) in [5, 5.41) is 15.4. The Hall–Kier alpha value is -2.90. The van der Waals surface area contributed by atoms with Crippen LogP contribution in [0.3, 0.4) is 0 Å². The van der Waals surface area contributed by atoms with Gasteiger partial charge in [-0.3, -0.25) is 9.08 Å². The van der Waals surface area contributed by atoms with E-state index in [-0.39, 0.29) is 6.03 Å². The predicted molar refractivity (Wildman–Crippen MR) is 91.8 cm³/mol. The van der Waals surface area contributed by atoms with Crippen molar-refractivity contribution in [1.82, 2.24) is 34.6 Å². The van der Waals surface area contributed by atoms with Crippen LogP contribution in [0, 0.1) is 5.92 Å². The fourth-order valence-corrected chi connectivity index (χ4v) is 3.37. The molecule has 130 valence electrons. The molecule has 0 aliphatic carbocycles. The van der Waals surface area contributed by atoms with Gasteiger partial charge in [0.15, 0.2) is 11.5 Å². The molecule has 1 aliphatic rings. The Labute approximate surface area is 145 Å². The van der Waals surface area contributed by atoms with E-state index < -0.39 is 0 Å². The van der Waals surface area contributed by atoms with Crippen LogP contribution in [0.5, 0.6) is 0 Å². The highest BCUT2D eigenvalue weighted by Gasteiger charge is 2.26. The first-order chi connectivity index (χ1) is 12.2. The zero-order valence-electron chi connectivity index (χ0n) is 14.2. The second-order valence-electron chi connectivity index (χ2n) is 6.53. The van der Waals surface area contributed by atoms with Gasteiger partial charge in [0.25, 0.3) is 0 Å². The lowest BCUT2D eigenvalue weighted by Crippen LogP contribution is -2.38. The third-order valence-electron chi connectivity index (χ3n) is 4.64. The summed E-state index contributed by atoms with van der Waals surface area (Å²) in [6.45, 7) is 1.94. The molecule has 1 fully saturated rings. The van der Waals surface area contributed by atoms with Gasteiger partial charge in [0.2, 0.25) is 0 Å². The summed E-state index contributed by atoms with van der Waals surface area (Å²) in [5.41, 5.74) is 2.01. The molecule has 4 heterocycles. The summed E-state index contributed by atoms with van der Waals surface area (Å²) in [7, 11) is 1.92. The van der Waals surface area contributed by atoms with Crippen molar-refractivity contribution in [3.05, 3.63) is 48.2 Å². The number of hydrogen-bond donors (Lipinski definition) is 1. The summed E-state index contributed by atoms with van der Waals surface area (Å²) in [5.74, 6) is 1.22. The number of nitrogens with zero attached hydrogens (tertiary/aromatic N) is 6. The lowest BCUT2D eigenvalue weighted by Gasteiger charge is -2.17. The molecule has 1 atom stereocenters. The van der Waals surface area contributed by atoms with Crippen molar-refractivity contribution < 1.29 is 4.79 Å². The number of aryl methyl sites for hydroxylation is 1. The molecular formula is C17H21N7O. The Morgan fingerprint density at radius 2 is 2.28 bits per heavy atom. The Bertz CT molecular complexity index is 884. The maximum atomic E-state index is 12.4. The first-order valence-electron chi connectivity index (χ1n) is 8.48. The highest BCUT2D eigenvalue weighted by Crippen LogP contribution is 2.20. The summed E-state index contributed by atoms with van der Waals surface area (Å²) < 4.78 is 3.70. The molecule has 0 radical (unpaired) electrons. The minimum Gasteiger partial charge on any atom is -0.331 e. The summed E-state index contributed by atoms with van der Waals surface area (Å²) in [4.78, 5) is 14.3. The third-order valence-corrected chi connectivity index (χ3v) is 4.64. The van der Waals surface area contributed by atoms with Gasteiger partial charge in [-0.2, -0.15) is 5.10 Å². The average molecular weight is 339 g/mol. The minimum absolute atomic E-state index is 0.0404. The van der Waals surface area contributed by atoms with Crippen molar-refractivity contribution in [3.63, 3.8) is 0 Å². The van der Waals surface area contributed by atoms with Gasteiger partial charge in [-0.25, -0.2) is 4.79 Å². The monoisotopic (exact) mass is 339 g/mol.